The van der Waals surface area contributed by atoms with E-state index in [9.17, 15) is 23.5 Å². The molecule has 3 atom stereocenters. The van der Waals surface area contributed by atoms with Gasteiger partial charge in [0.15, 0.2) is 0 Å². The van der Waals surface area contributed by atoms with Crippen LogP contribution in [-0.4, -0.2) is 38.7 Å². The number of alkyl halides is 2. The number of nitrogens with one attached hydrogen (secondary N) is 1. The number of amides is 1. The Labute approximate surface area is 147 Å². The molecule has 0 spiro atoms. The second-order valence-electron chi connectivity index (χ2n) is 5.88. The molecule has 3 rings (SSSR count). The first-order chi connectivity index (χ1) is 12.3. The van der Waals surface area contributed by atoms with Gasteiger partial charge in [-0.3, -0.25) is 9.36 Å². The van der Waals surface area contributed by atoms with Crippen molar-refractivity contribution in [2.75, 3.05) is 5.32 Å². The van der Waals surface area contributed by atoms with Crippen molar-refractivity contribution in [1.29, 1.82) is 0 Å². The maximum Gasteiger partial charge on any atom is 0.351 e. The van der Waals surface area contributed by atoms with E-state index in [2.05, 4.69) is 10.3 Å². The zero-order chi connectivity index (χ0) is 18.9. The summed E-state index contributed by atoms with van der Waals surface area (Å²) >= 11 is 0. The van der Waals surface area contributed by atoms with E-state index < -0.39 is 36.0 Å². The van der Waals surface area contributed by atoms with Gasteiger partial charge in [-0.1, -0.05) is 25.1 Å². The number of hydrogen-bond acceptors (Lipinski definition) is 5. The summed E-state index contributed by atoms with van der Waals surface area (Å²) < 4.78 is 34.1. The van der Waals surface area contributed by atoms with E-state index in [-0.39, 0.29) is 12.2 Å². The number of ether oxygens (including phenoxy) is 1. The van der Waals surface area contributed by atoms with Gasteiger partial charge in [0.1, 0.15) is 11.9 Å². The van der Waals surface area contributed by atoms with Crippen LogP contribution in [0.25, 0.3) is 0 Å². The van der Waals surface area contributed by atoms with Gasteiger partial charge in [0.05, 0.1) is 6.10 Å². The zero-order valence-corrected chi connectivity index (χ0v) is 13.8. The molecule has 0 bridgehead atoms. The van der Waals surface area contributed by atoms with Gasteiger partial charge in [0.25, 0.3) is 5.91 Å². The van der Waals surface area contributed by atoms with Crippen molar-refractivity contribution >= 4 is 11.7 Å². The van der Waals surface area contributed by atoms with Crippen LogP contribution in [0.2, 0.25) is 0 Å². The third kappa shape index (κ3) is 3.23. The number of aliphatic hydroxyl groups excluding tert-OH is 1. The lowest BCUT2D eigenvalue weighted by Gasteiger charge is -2.21. The predicted molar refractivity (Wildman–Crippen MR) is 88.0 cm³/mol. The molecule has 138 valence electrons. The molecule has 1 aliphatic heterocycles. The highest BCUT2D eigenvalue weighted by atomic mass is 19.3. The maximum absolute atomic E-state index is 14.2. The monoisotopic (exact) mass is 365 g/mol. The van der Waals surface area contributed by atoms with Crippen LogP contribution >= 0.6 is 0 Å². The second-order valence-corrected chi connectivity index (χ2v) is 5.88. The molecule has 0 aliphatic carbocycles. The predicted octanol–water partition coefficient (Wildman–Crippen LogP) is 1.80. The zero-order valence-electron chi connectivity index (χ0n) is 13.8. The molecule has 9 heteroatoms. The van der Waals surface area contributed by atoms with E-state index in [4.69, 9.17) is 4.74 Å². The molecule has 2 N–H and O–H groups in total. The van der Waals surface area contributed by atoms with E-state index in [1.54, 1.807) is 37.3 Å². The molecule has 1 aromatic heterocycles. The van der Waals surface area contributed by atoms with E-state index in [0.29, 0.717) is 10.1 Å². The summed E-state index contributed by atoms with van der Waals surface area (Å²) in [5, 5.41) is 12.1. The van der Waals surface area contributed by atoms with Gasteiger partial charge in [0, 0.05) is 11.8 Å². The highest BCUT2D eigenvalue weighted by molar-refractivity contribution is 6.03. The number of halogens is 2. The van der Waals surface area contributed by atoms with E-state index >= 15 is 0 Å². The molecular formula is C17H17F2N3O4. The minimum atomic E-state index is -3.64. The molecule has 1 saturated heterocycles. The van der Waals surface area contributed by atoms with Crippen LogP contribution < -0.4 is 11.0 Å². The Hall–Kier alpha value is -2.65. The van der Waals surface area contributed by atoms with Gasteiger partial charge in [-0.15, -0.1) is 0 Å². The Kier molecular flexibility index (Phi) is 4.84. The Morgan fingerprint density at radius 1 is 1.35 bits per heavy atom. The Morgan fingerprint density at radius 3 is 2.62 bits per heavy atom. The highest BCUT2D eigenvalue weighted by Gasteiger charge is 2.59. The lowest BCUT2D eigenvalue weighted by Crippen LogP contribution is -2.41. The number of rotatable bonds is 4. The number of carbonyl (C=O) groups is 1. The van der Waals surface area contributed by atoms with Gasteiger partial charge < -0.3 is 15.2 Å². The largest absolute Gasteiger partial charge is 0.384 e. The minimum absolute atomic E-state index is 0.0750. The number of anilines is 1. The normalized spacial score (nSPS) is 24.4. The van der Waals surface area contributed by atoms with Crippen molar-refractivity contribution in [3.05, 3.63) is 58.6 Å². The fourth-order valence-electron chi connectivity index (χ4n) is 2.73. The molecule has 26 heavy (non-hydrogen) atoms. The van der Waals surface area contributed by atoms with Gasteiger partial charge in [0.2, 0.25) is 6.23 Å². The second kappa shape index (κ2) is 6.93. The number of aromatic nitrogens is 2. The average Bonchev–Trinajstić information content (AvgIpc) is 2.85. The molecule has 0 saturated carbocycles. The van der Waals surface area contributed by atoms with Gasteiger partial charge in [-0.25, -0.2) is 4.79 Å². The van der Waals surface area contributed by atoms with Crippen LogP contribution in [0.4, 0.5) is 14.6 Å². The lowest BCUT2D eigenvalue weighted by atomic mass is 10.1. The van der Waals surface area contributed by atoms with Crippen LogP contribution in [0, 0.1) is 0 Å². The van der Waals surface area contributed by atoms with Crippen molar-refractivity contribution < 1.29 is 23.4 Å². The molecule has 0 radical (unpaired) electrons. The fourth-order valence-corrected chi connectivity index (χ4v) is 2.73. The molecular weight excluding hydrogens is 348 g/mol. The van der Waals surface area contributed by atoms with Crippen molar-refractivity contribution in [3.8, 4) is 0 Å². The number of hydrogen-bond donors (Lipinski definition) is 2. The van der Waals surface area contributed by atoms with Crippen molar-refractivity contribution in [2.24, 2.45) is 0 Å². The van der Waals surface area contributed by atoms with Crippen molar-refractivity contribution in [1.82, 2.24) is 9.55 Å². The summed E-state index contributed by atoms with van der Waals surface area (Å²) in [5.74, 6) is -4.20. The first-order valence-corrected chi connectivity index (χ1v) is 8.01. The minimum Gasteiger partial charge on any atom is -0.384 e. The summed E-state index contributed by atoms with van der Waals surface area (Å²) in [4.78, 5) is 27.8. The number of nitrogens with zero attached hydrogens (tertiary/aromatic N) is 2. The fraction of sp³-hybridized carbons (Fsp3) is 0.353. The van der Waals surface area contributed by atoms with Crippen molar-refractivity contribution in [2.45, 2.75) is 37.7 Å². The van der Waals surface area contributed by atoms with E-state index in [0.717, 1.165) is 6.20 Å². The molecule has 7 nitrogen and oxygen atoms in total. The van der Waals surface area contributed by atoms with Crippen molar-refractivity contribution in [3.63, 3.8) is 0 Å². The van der Waals surface area contributed by atoms with Crippen LogP contribution in [0.3, 0.4) is 0 Å². The van der Waals surface area contributed by atoms with E-state index in [1.165, 1.54) is 6.07 Å². The summed E-state index contributed by atoms with van der Waals surface area (Å²) in [6.07, 6.45) is -3.83. The molecule has 3 unspecified atom stereocenters. The SMILES string of the molecule is CCC1OC(n2ccc(NC(=O)c3ccccc3)nc2=O)C(F)(F)C1O. The van der Waals surface area contributed by atoms with Gasteiger partial charge in [-0.05, 0) is 24.6 Å². The number of carbonyl (C=O) groups excluding carboxylic acids is 1. The average molecular weight is 365 g/mol. The summed E-state index contributed by atoms with van der Waals surface area (Å²) in [7, 11) is 0. The Bertz CT molecular complexity index is 857. The van der Waals surface area contributed by atoms with Gasteiger partial charge >= 0.3 is 11.6 Å². The Balaban J connectivity index is 1.82. The molecule has 1 aliphatic rings. The summed E-state index contributed by atoms with van der Waals surface area (Å²) in [6, 6.07) is 9.47. The standard InChI is InChI=1S/C17H17F2N3O4/c1-2-11-13(23)17(18,19)15(26-11)22-9-8-12(21-16(22)25)20-14(24)10-6-4-3-5-7-10/h3-9,11,13,15,23H,2H2,1H3,(H,20,21,24,25). The summed E-state index contributed by atoms with van der Waals surface area (Å²) in [6.45, 7) is 1.59. The highest BCUT2D eigenvalue weighted by Crippen LogP contribution is 2.42. The summed E-state index contributed by atoms with van der Waals surface area (Å²) in [5.41, 5.74) is -0.664. The van der Waals surface area contributed by atoms with Crippen LogP contribution in [0.1, 0.15) is 29.9 Å². The lowest BCUT2D eigenvalue weighted by molar-refractivity contribution is -0.140. The number of aliphatic hydroxyl groups is 1. The van der Waals surface area contributed by atoms with E-state index in [1.807, 2.05) is 0 Å². The number of benzene rings is 1. The van der Waals surface area contributed by atoms with Gasteiger partial charge in [-0.2, -0.15) is 13.8 Å². The van der Waals surface area contributed by atoms with Crippen LogP contribution in [-0.2, 0) is 4.74 Å². The topological polar surface area (TPSA) is 93.5 Å². The maximum atomic E-state index is 14.2. The molecule has 2 heterocycles. The third-order valence-electron chi connectivity index (χ3n) is 4.14. The first-order valence-electron chi connectivity index (χ1n) is 8.01. The van der Waals surface area contributed by atoms with Crippen LogP contribution in [0.5, 0.6) is 0 Å². The quantitative estimate of drug-likeness (QED) is 0.862. The van der Waals surface area contributed by atoms with Crippen LogP contribution in [0.15, 0.2) is 47.4 Å². The smallest absolute Gasteiger partial charge is 0.351 e. The molecule has 1 amide bonds. The molecule has 1 fully saturated rings. The molecule has 1 aromatic carbocycles. The first kappa shape index (κ1) is 18.2. The third-order valence-corrected chi connectivity index (χ3v) is 4.14. The Morgan fingerprint density at radius 2 is 2.04 bits per heavy atom. The molecule has 2 aromatic rings.